The molecule has 1 aromatic heterocycles. The second-order valence-electron chi connectivity index (χ2n) is 6.63. The number of nitrogens with zero attached hydrogens (tertiary/aromatic N) is 4. The highest BCUT2D eigenvalue weighted by Gasteiger charge is 2.19. The summed E-state index contributed by atoms with van der Waals surface area (Å²) in [5, 5.41) is 11.0. The maximum Gasteiger partial charge on any atom is 0.278 e. The van der Waals surface area contributed by atoms with Crippen molar-refractivity contribution in [3.8, 4) is 5.75 Å². The number of fused-ring (bicyclic) bond motifs is 1. The number of amides is 2. The predicted molar refractivity (Wildman–Crippen MR) is 112 cm³/mol. The van der Waals surface area contributed by atoms with Crippen molar-refractivity contribution in [2.45, 2.75) is 19.9 Å². The molecule has 0 spiro atoms. The van der Waals surface area contributed by atoms with Gasteiger partial charge in [0, 0.05) is 6.54 Å². The van der Waals surface area contributed by atoms with E-state index in [1.165, 1.54) is 12.0 Å². The standard InChI is InChI=1S/C21H23N5O4/c1-3-12-25(13-19(27)22-17-10-6-7-11-18(17)30-2)20(28)14-26-21(29)15-8-4-5-9-16(15)23-24-26/h4-11H,3,12-14H2,1-2H3,(H,22,27). The Balaban J connectivity index is 1.72. The Morgan fingerprint density at radius 3 is 2.63 bits per heavy atom. The number of benzene rings is 2. The molecule has 0 bridgehead atoms. The topological polar surface area (TPSA) is 106 Å². The maximum atomic E-state index is 12.8. The lowest BCUT2D eigenvalue weighted by Crippen LogP contribution is -2.42. The van der Waals surface area contributed by atoms with Crippen LogP contribution in [0.1, 0.15) is 13.3 Å². The van der Waals surface area contributed by atoms with E-state index in [0.29, 0.717) is 35.3 Å². The fourth-order valence-corrected chi connectivity index (χ4v) is 3.03. The highest BCUT2D eigenvalue weighted by atomic mass is 16.5. The number of nitrogens with one attached hydrogen (secondary N) is 1. The number of methoxy groups -OCH3 is 1. The fourth-order valence-electron chi connectivity index (χ4n) is 3.03. The van der Waals surface area contributed by atoms with Crippen LogP contribution in [-0.4, -0.2) is 51.9 Å². The van der Waals surface area contributed by atoms with Gasteiger partial charge in [0.25, 0.3) is 5.56 Å². The van der Waals surface area contributed by atoms with Gasteiger partial charge in [0.15, 0.2) is 0 Å². The molecule has 9 nitrogen and oxygen atoms in total. The summed E-state index contributed by atoms with van der Waals surface area (Å²) in [6, 6.07) is 13.8. The first-order valence-electron chi connectivity index (χ1n) is 9.56. The number of ether oxygens (including phenoxy) is 1. The van der Waals surface area contributed by atoms with Gasteiger partial charge < -0.3 is 15.0 Å². The quantitative estimate of drug-likeness (QED) is 0.607. The average Bonchev–Trinajstić information content (AvgIpc) is 2.76. The molecule has 1 N–H and O–H groups in total. The van der Waals surface area contributed by atoms with E-state index in [1.807, 2.05) is 6.92 Å². The average molecular weight is 409 g/mol. The van der Waals surface area contributed by atoms with E-state index in [2.05, 4.69) is 15.6 Å². The molecule has 0 aliphatic rings. The van der Waals surface area contributed by atoms with Crippen molar-refractivity contribution in [2.75, 3.05) is 25.5 Å². The number of rotatable bonds is 8. The Hall–Kier alpha value is -3.75. The smallest absolute Gasteiger partial charge is 0.278 e. The summed E-state index contributed by atoms with van der Waals surface area (Å²) in [7, 11) is 1.51. The summed E-state index contributed by atoms with van der Waals surface area (Å²) in [6.45, 7) is 1.83. The molecule has 3 aromatic rings. The summed E-state index contributed by atoms with van der Waals surface area (Å²) in [6.07, 6.45) is 0.659. The Labute approximate surface area is 173 Å². The summed E-state index contributed by atoms with van der Waals surface area (Å²) in [5.74, 6) is -0.228. The second-order valence-corrected chi connectivity index (χ2v) is 6.63. The third-order valence-corrected chi connectivity index (χ3v) is 4.48. The molecule has 0 saturated heterocycles. The summed E-state index contributed by atoms with van der Waals surface area (Å²) in [4.78, 5) is 39.3. The fraction of sp³-hybridized carbons (Fsp3) is 0.286. The molecule has 0 unspecified atom stereocenters. The molecule has 9 heteroatoms. The molecule has 0 aliphatic carbocycles. The van der Waals surface area contributed by atoms with Crippen molar-refractivity contribution in [3.05, 3.63) is 58.9 Å². The van der Waals surface area contributed by atoms with Gasteiger partial charge in [0.2, 0.25) is 11.8 Å². The van der Waals surface area contributed by atoms with Crippen LogP contribution in [0.15, 0.2) is 53.3 Å². The SMILES string of the molecule is CCCN(CC(=O)Nc1ccccc1OC)C(=O)Cn1nnc2ccccc2c1=O. The van der Waals surface area contributed by atoms with Crippen molar-refractivity contribution in [2.24, 2.45) is 0 Å². The molecule has 2 amide bonds. The van der Waals surface area contributed by atoms with E-state index in [9.17, 15) is 14.4 Å². The van der Waals surface area contributed by atoms with Gasteiger partial charge in [-0.2, -0.15) is 0 Å². The molecule has 3 rings (SSSR count). The van der Waals surface area contributed by atoms with Gasteiger partial charge in [-0.1, -0.05) is 36.4 Å². The Morgan fingerprint density at radius 2 is 1.87 bits per heavy atom. The molecule has 0 radical (unpaired) electrons. The van der Waals surface area contributed by atoms with Gasteiger partial charge in [0.05, 0.1) is 24.7 Å². The number of hydrogen-bond acceptors (Lipinski definition) is 6. The van der Waals surface area contributed by atoms with Crippen LogP contribution in [0.3, 0.4) is 0 Å². The first kappa shape index (κ1) is 21.0. The van der Waals surface area contributed by atoms with Crippen molar-refractivity contribution in [1.29, 1.82) is 0 Å². The van der Waals surface area contributed by atoms with Gasteiger partial charge in [0.1, 0.15) is 17.8 Å². The molecule has 0 fully saturated rings. The highest BCUT2D eigenvalue weighted by molar-refractivity contribution is 5.95. The monoisotopic (exact) mass is 409 g/mol. The van der Waals surface area contributed by atoms with Gasteiger partial charge in [-0.15, -0.1) is 5.10 Å². The number of para-hydroxylation sites is 2. The Bertz CT molecular complexity index is 1110. The predicted octanol–water partition coefficient (Wildman–Crippen LogP) is 1.68. The minimum Gasteiger partial charge on any atom is -0.495 e. The van der Waals surface area contributed by atoms with Gasteiger partial charge in [-0.25, -0.2) is 4.68 Å². The van der Waals surface area contributed by atoms with Crippen molar-refractivity contribution in [3.63, 3.8) is 0 Å². The van der Waals surface area contributed by atoms with Crippen molar-refractivity contribution < 1.29 is 14.3 Å². The van der Waals surface area contributed by atoms with Crippen LogP contribution < -0.4 is 15.6 Å². The molecule has 30 heavy (non-hydrogen) atoms. The zero-order valence-corrected chi connectivity index (χ0v) is 16.9. The first-order chi connectivity index (χ1) is 14.5. The van der Waals surface area contributed by atoms with Gasteiger partial charge >= 0.3 is 0 Å². The van der Waals surface area contributed by atoms with E-state index in [1.54, 1.807) is 48.5 Å². The summed E-state index contributed by atoms with van der Waals surface area (Å²) in [5.41, 5.74) is 0.585. The number of aromatic nitrogens is 3. The van der Waals surface area contributed by atoms with Crippen LogP contribution in [0, 0.1) is 0 Å². The molecular formula is C21H23N5O4. The summed E-state index contributed by atoms with van der Waals surface area (Å²) < 4.78 is 6.24. The summed E-state index contributed by atoms with van der Waals surface area (Å²) >= 11 is 0. The lowest BCUT2D eigenvalue weighted by Gasteiger charge is -2.22. The maximum absolute atomic E-state index is 12.8. The number of carbonyl (C=O) groups excluding carboxylic acids is 2. The minimum atomic E-state index is -0.399. The number of anilines is 1. The van der Waals surface area contributed by atoms with Crippen LogP contribution in [-0.2, 0) is 16.1 Å². The van der Waals surface area contributed by atoms with E-state index < -0.39 is 11.5 Å². The molecule has 1 heterocycles. The Kier molecular flexibility index (Phi) is 6.74. The number of hydrogen-bond donors (Lipinski definition) is 1. The van der Waals surface area contributed by atoms with Crippen molar-refractivity contribution in [1.82, 2.24) is 19.9 Å². The largest absolute Gasteiger partial charge is 0.495 e. The molecule has 0 atom stereocenters. The van der Waals surface area contributed by atoms with E-state index in [-0.39, 0.29) is 19.0 Å². The third-order valence-electron chi connectivity index (χ3n) is 4.48. The van der Waals surface area contributed by atoms with Crippen LogP contribution >= 0.6 is 0 Å². The normalized spacial score (nSPS) is 10.6. The lowest BCUT2D eigenvalue weighted by atomic mass is 10.2. The van der Waals surface area contributed by atoms with Gasteiger partial charge in [-0.3, -0.25) is 14.4 Å². The van der Waals surface area contributed by atoms with E-state index in [4.69, 9.17) is 4.74 Å². The Morgan fingerprint density at radius 1 is 1.13 bits per heavy atom. The third kappa shape index (κ3) is 4.80. The highest BCUT2D eigenvalue weighted by Crippen LogP contribution is 2.22. The molecule has 0 aliphatic heterocycles. The zero-order valence-electron chi connectivity index (χ0n) is 16.9. The van der Waals surface area contributed by atoms with Crippen LogP contribution in [0.2, 0.25) is 0 Å². The van der Waals surface area contributed by atoms with Crippen LogP contribution in [0.25, 0.3) is 10.9 Å². The molecule has 156 valence electrons. The second kappa shape index (κ2) is 9.64. The molecule has 2 aromatic carbocycles. The lowest BCUT2D eigenvalue weighted by molar-refractivity contribution is -0.135. The van der Waals surface area contributed by atoms with E-state index >= 15 is 0 Å². The molecular weight excluding hydrogens is 386 g/mol. The van der Waals surface area contributed by atoms with E-state index in [0.717, 1.165) is 4.68 Å². The van der Waals surface area contributed by atoms with Crippen molar-refractivity contribution >= 4 is 28.4 Å². The zero-order chi connectivity index (χ0) is 21.5. The first-order valence-corrected chi connectivity index (χ1v) is 9.56. The number of carbonyl (C=O) groups is 2. The minimum absolute atomic E-state index is 0.152. The van der Waals surface area contributed by atoms with Gasteiger partial charge in [-0.05, 0) is 30.7 Å². The molecule has 0 saturated carbocycles. The van der Waals surface area contributed by atoms with Crippen LogP contribution in [0.5, 0.6) is 5.75 Å². The van der Waals surface area contributed by atoms with Crippen LogP contribution in [0.4, 0.5) is 5.69 Å².